The van der Waals surface area contributed by atoms with Crippen molar-refractivity contribution in [3.63, 3.8) is 0 Å². The van der Waals surface area contributed by atoms with Gasteiger partial charge in [-0.15, -0.1) is 0 Å². The maximum Gasteiger partial charge on any atom is 0.227 e. The van der Waals surface area contributed by atoms with Crippen LogP contribution in [0.15, 0.2) is 24.5 Å². The number of nitrogens with zero attached hydrogens (tertiary/aromatic N) is 2. The Morgan fingerprint density at radius 3 is 2.85 bits per heavy atom. The predicted octanol–water partition coefficient (Wildman–Crippen LogP) is 1.14. The van der Waals surface area contributed by atoms with E-state index in [0.717, 1.165) is 24.9 Å². The van der Waals surface area contributed by atoms with Crippen molar-refractivity contribution in [2.75, 3.05) is 13.1 Å². The lowest BCUT2D eigenvalue weighted by Gasteiger charge is -2.33. The zero-order chi connectivity index (χ0) is 14.4. The highest BCUT2D eigenvalue weighted by atomic mass is 16.2. The van der Waals surface area contributed by atoms with Crippen LogP contribution in [0, 0.1) is 0 Å². The van der Waals surface area contributed by atoms with E-state index in [-0.39, 0.29) is 17.9 Å². The largest absolute Gasteiger partial charge is 0.352 e. The van der Waals surface area contributed by atoms with Crippen LogP contribution in [-0.4, -0.2) is 40.8 Å². The highest BCUT2D eigenvalue weighted by Gasteiger charge is 2.24. The number of nitrogens with one attached hydrogen (secondary N) is 1. The molecule has 0 spiro atoms. The number of carbonyl (C=O) groups excluding carboxylic acids is 2. The number of amides is 2. The molecule has 1 atom stereocenters. The lowest BCUT2D eigenvalue weighted by molar-refractivity contribution is -0.133. The molecule has 1 N–H and O–H groups in total. The number of hydrogen-bond donors (Lipinski definition) is 1. The fraction of sp³-hybridized carbons (Fsp3) is 0.533. The van der Waals surface area contributed by atoms with Gasteiger partial charge in [0.25, 0.3) is 0 Å². The summed E-state index contributed by atoms with van der Waals surface area (Å²) in [5.74, 6) is 0.171. The number of pyridine rings is 1. The summed E-state index contributed by atoms with van der Waals surface area (Å²) in [7, 11) is 0. The number of aromatic nitrogens is 1. The van der Waals surface area contributed by atoms with E-state index in [4.69, 9.17) is 0 Å². The molecule has 1 aliphatic rings. The molecule has 0 saturated carbocycles. The summed E-state index contributed by atoms with van der Waals surface area (Å²) in [5, 5.41) is 2.97. The summed E-state index contributed by atoms with van der Waals surface area (Å²) >= 11 is 0. The van der Waals surface area contributed by atoms with E-state index in [0.29, 0.717) is 19.4 Å². The van der Waals surface area contributed by atoms with Crippen molar-refractivity contribution in [1.82, 2.24) is 15.2 Å². The third-order valence-electron chi connectivity index (χ3n) is 3.57. The van der Waals surface area contributed by atoms with Gasteiger partial charge >= 0.3 is 0 Å². The smallest absolute Gasteiger partial charge is 0.227 e. The number of carbonyl (C=O) groups is 2. The maximum atomic E-state index is 12.3. The Bertz CT molecular complexity index is 461. The Hall–Kier alpha value is -1.91. The van der Waals surface area contributed by atoms with Crippen LogP contribution in [-0.2, 0) is 16.0 Å². The second-order valence-electron chi connectivity index (χ2n) is 5.13. The fourth-order valence-corrected chi connectivity index (χ4v) is 2.44. The molecular formula is C15H21N3O2. The second-order valence-corrected chi connectivity index (χ2v) is 5.13. The molecule has 0 aromatic carbocycles. The van der Waals surface area contributed by atoms with Gasteiger partial charge in [0.2, 0.25) is 11.8 Å². The minimum absolute atomic E-state index is 0.0541. The summed E-state index contributed by atoms with van der Waals surface area (Å²) in [6.07, 6.45) is 6.17. The van der Waals surface area contributed by atoms with Crippen molar-refractivity contribution in [1.29, 1.82) is 0 Å². The van der Waals surface area contributed by atoms with Crippen molar-refractivity contribution in [2.24, 2.45) is 0 Å². The SMILES string of the molecule is CCC(=O)NC1CCCN(C(=O)Cc2ccncc2)C1. The van der Waals surface area contributed by atoms with Crippen LogP contribution >= 0.6 is 0 Å². The van der Waals surface area contributed by atoms with Gasteiger partial charge in [0.15, 0.2) is 0 Å². The molecule has 5 heteroatoms. The molecule has 5 nitrogen and oxygen atoms in total. The molecule has 2 heterocycles. The van der Waals surface area contributed by atoms with Crippen molar-refractivity contribution < 1.29 is 9.59 Å². The number of likely N-dealkylation sites (tertiary alicyclic amines) is 1. The lowest BCUT2D eigenvalue weighted by Crippen LogP contribution is -2.49. The molecule has 1 fully saturated rings. The molecule has 1 unspecified atom stereocenters. The Labute approximate surface area is 119 Å². The Morgan fingerprint density at radius 2 is 2.15 bits per heavy atom. The van der Waals surface area contributed by atoms with Gasteiger partial charge in [-0.1, -0.05) is 6.92 Å². The Kier molecular flexibility index (Phi) is 5.09. The van der Waals surface area contributed by atoms with Gasteiger partial charge in [-0.05, 0) is 30.5 Å². The first kappa shape index (κ1) is 14.5. The van der Waals surface area contributed by atoms with E-state index >= 15 is 0 Å². The van der Waals surface area contributed by atoms with Crippen molar-refractivity contribution in [3.8, 4) is 0 Å². The molecule has 108 valence electrons. The summed E-state index contributed by atoms with van der Waals surface area (Å²) < 4.78 is 0. The molecule has 1 aromatic rings. The summed E-state index contributed by atoms with van der Waals surface area (Å²) in [6.45, 7) is 3.24. The highest BCUT2D eigenvalue weighted by Crippen LogP contribution is 2.12. The molecule has 20 heavy (non-hydrogen) atoms. The van der Waals surface area contributed by atoms with Gasteiger partial charge in [-0.25, -0.2) is 0 Å². The Balaban J connectivity index is 1.88. The van der Waals surface area contributed by atoms with Crippen LogP contribution < -0.4 is 5.32 Å². The van der Waals surface area contributed by atoms with E-state index in [1.54, 1.807) is 12.4 Å². The number of rotatable bonds is 4. The predicted molar refractivity (Wildman–Crippen MR) is 76.0 cm³/mol. The van der Waals surface area contributed by atoms with Gasteiger partial charge < -0.3 is 10.2 Å². The molecule has 2 amide bonds. The van der Waals surface area contributed by atoms with Crippen LogP contribution in [0.5, 0.6) is 0 Å². The zero-order valence-electron chi connectivity index (χ0n) is 11.8. The average Bonchev–Trinajstić information content (AvgIpc) is 2.48. The summed E-state index contributed by atoms with van der Waals surface area (Å²) in [5.41, 5.74) is 0.977. The average molecular weight is 275 g/mol. The first-order valence-electron chi connectivity index (χ1n) is 7.15. The van der Waals surface area contributed by atoms with Crippen molar-refractivity contribution in [2.45, 2.75) is 38.6 Å². The molecule has 0 aliphatic carbocycles. The van der Waals surface area contributed by atoms with E-state index in [1.165, 1.54) is 0 Å². The van der Waals surface area contributed by atoms with Crippen LogP contribution in [0.2, 0.25) is 0 Å². The summed E-state index contributed by atoms with van der Waals surface area (Å²) in [6, 6.07) is 3.81. The maximum absolute atomic E-state index is 12.3. The zero-order valence-corrected chi connectivity index (χ0v) is 11.8. The lowest BCUT2D eigenvalue weighted by atomic mass is 10.0. The van der Waals surface area contributed by atoms with Gasteiger partial charge in [0, 0.05) is 37.9 Å². The second kappa shape index (κ2) is 7.03. The highest BCUT2D eigenvalue weighted by molar-refractivity contribution is 5.79. The van der Waals surface area contributed by atoms with Gasteiger partial charge in [-0.2, -0.15) is 0 Å². The molecule has 1 saturated heterocycles. The molecule has 0 radical (unpaired) electrons. The quantitative estimate of drug-likeness (QED) is 0.896. The van der Waals surface area contributed by atoms with Gasteiger partial charge in [0.1, 0.15) is 0 Å². The minimum Gasteiger partial charge on any atom is -0.352 e. The van der Waals surface area contributed by atoms with Gasteiger partial charge in [0.05, 0.1) is 6.42 Å². The molecule has 1 aromatic heterocycles. The third-order valence-corrected chi connectivity index (χ3v) is 3.57. The van der Waals surface area contributed by atoms with E-state index in [9.17, 15) is 9.59 Å². The normalized spacial score (nSPS) is 18.6. The minimum atomic E-state index is 0.0541. The number of piperidine rings is 1. The number of hydrogen-bond acceptors (Lipinski definition) is 3. The molecular weight excluding hydrogens is 254 g/mol. The van der Waals surface area contributed by atoms with Crippen LogP contribution in [0.4, 0.5) is 0 Å². The topological polar surface area (TPSA) is 62.3 Å². The molecule has 0 bridgehead atoms. The van der Waals surface area contributed by atoms with Crippen LogP contribution in [0.25, 0.3) is 0 Å². The first-order chi connectivity index (χ1) is 9.69. The third kappa shape index (κ3) is 4.05. The fourth-order valence-electron chi connectivity index (χ4n) is 2.44. The van der Waals surface area contributed by atoms with E-state index in [1.807, 2.05) is 24.0 Å². The first-order valence-corrected chi connectivity index (χ1v) is 7.15. The van der Waals surface area contributed by atoms with Gasteiger partial charge in [-0.3, -0.25) is 14.6 Å². The Morgan fingerprint density at radius 1 is 1.40 bits per heavy atom. The van der Waals surface area contributed by atoms with E-state index in [2.05, 4.69) is 10.3 Å². The standard InChI is InChI=1S/C15H21N3O2/c1-2-14(19)17-13-4-3-9-18(11-13)15(20)10-12-5-7-16-8-6-12/h5-8,13H,2-4,9-11H2,1H3,(H,17,19). The molecule has 2 rings (SSSR count). The molecule has 1 aliphatic heterocycles. The van der Waals surface area contributed by atoms with Crippen molar-refractivity contribution >= 4 is 11.8 Å². The monoisotopic (exact) mass is 275 g/mol. The van der Waals surface area contributed by atoms with Crippen molar-refractivity contribution in [3.05, 3.63) is 30.1 Å². The van der Waals surface area contributed by atoms with E-state index < -0.39 is 0 Å². The summed E-state index contributed by atoms with van der Waals surface area (Å²) in [4.78, 5) is 29.5. The van der Waals surface area contributed by atoms with Crippen LogP contribution in [0.3, 0.4) is 0 Å². The van der Waals surface area contributed by atoms with Crippen LogP contribution in [0.1, 0.15) is 31.7 Å².